The van der Waals surface area contributed by atoms with Gasteiger partial charge in [-0.25, -0.2) is 0 Å². The van der Waals surface area contributed by atoms with Crippen molar-refractivity contribution in [1.82, 2.24) is 9.80 Å². The van der Waals surface area contributed by atoms with Gasteiger partial charge < -0.3 is 4.90 Å². The van der Waals surface area contributed by atoms with Crippen molar-refractivity contribution >= 4 is 0 Å². The van der Waals surface area contributed by atoms with Crippen LogP contribution in [-0.4, -0.2) is 47.6 Å². The molecule has 32 heavy (non-hydrogen) atoms. The molecule has 0 radical (unpaired) electrons. The number of rotatable bonds is 15. The molecule has 3 aliphatic carbocycles. The first-order valence-corrected chi connectivity index (χ1v) is 15.3. The van der Waals surface area contributed by atoms with Gasteiger partial charge in [-0.05, 0) is 77.4 Å². The number of hydrogen-bond acceptors (Lipinski definition) is 2. The number of hydrogen-bond donors (Lipinski definition) is 0. The van der Waals surface area contributed by atoms with E-state index in [0.717, 1.165) is 18.1 Å². The molecule has 0 N–H and O–H groups in total. The van der Waals surface area contributed by atoms with E-state index in [0.29, 0.717) is 0 Å². The third-order valence-electron chi connectivity index (χ3n) is 8.47. The molecule has 3 aliphatic rings. The lowest BCUT2D eigenvalue weighted by Gasteiger charge is -2.39. The molecule has 2 heteroatoms. The van der Waals surface area contributed by atoms with Gasteiger partial charge in [0.1, 0.15) is 0 Å². The Kier molecular flexibility index (Phi) is 16.1. The molecule has 0 amide bonds. The fourth-order valence-electron chi connectivity index (χ4n) is 6.59. The maximum atomic E-state index is 3.02. The second kappa shape index (κ2) is 18.3. The molecule has 0 aromatic heterocycles. The quantitative estimate of drug-likeness (QED) is 0.231. The van der Waals surface area contributed by atoms with Crippen molar-refractivity contribution in [3.8, 4) is 0 Å². The second-order valence-corrected chi connectivity index (χ2v) is 11.2. The van der Waals surface area contributed by atoms with Gasteiger partial charge in [-0.1, -0.05) is 97.8 Å². The molecule has 3 saturated carbocycles. The Labute approximate surface area is 203 Å². The van der Waals surface area contributed by atoms with Crippen LogP contribution < -0.4 is 0 Å². The van der Waals surface area contributed by atoms with Crippen LogP contribution in [0, 0.1) is 0 Å². The molecule has 0 unspecified atom stereocenters. The summed E-state index contributed by atoms with van der Waals surface area (Å²) in [5.41, 5.74) is 0. The third kappa shape index (κ3) is 10.9. The predicted molar refractivity (Wildman–Crippen MR) is 144 cm³/mol. The summed E-state index contributed by atoms with van der Waals surface area (Å²) < 4.78 is 0. The van der Waals surface area contributed by atoms with Crippen molar-refractivity contribution < 1.29 is 0 Å². The average molecular weight is 449 g/mol. The van der Waals surface area contributed by atoms with Crippen molar-refractivity contribution in [2.45, 2.75) is 174 Å². The minimum absolute atomic E-state index is 0.978. The lowest BCUT2D eigenvalue weighted by molar-refractivity contribution is 0.0841. The summed E-state index contributed by atoms with van der Waals surface area (Å²) in [5.74, 6) is 0. The standard InChI is InChI=1S/C15H27N.C15H33N/c1-2-8-13(7-1)16(14-9-3-4-10-14)15-11-5-6-12-15;1-4-7-10-13-16(14-11-8-5-2)15-12-9-6-3/h13-15H,1-12H2;4-15H2,1-3H3. The van der Waals surface area contributed by atoms with E-state index >= 15 is 0 Å². The first kappa shape index (κ1) is 28.2. The van der Waals surface area contributed by atoms with E-state index < -0.39 is 0 Å². The van der Waals surface area contributed by atoms with E-state index in [1.165, 1.54) is 154 Å². The van der Waals surface area contributed by atoms with E-state index in [2.05, 4.69) is 30.6 Å². The molecular weight excluding hydrogens is 388 g/mol. The first-order valence-electron chi connectivity index (χ1n) is 15.3. The highest BCUT2D eigenvalue weighted by atomic mass is 15.2. The van der Waals surface area contributed by atoms with Gasteiger partial charge in [0.25, 0.3) is 0 Å². The molecule has 0 aromatic carbocycles. The van der Waals surface area contributed by atoms with Crippen LogP contribution in [0.1, 0.15) is 156 Å². The summed E-state index contributed by atoms with van der Waals surface area (Å²) in [4.78, 5) is 5.72. The molecule has 0 spiro atoms. The molecule has 0 aliphatic heterocycles. The Bertz CT molecular complexity index is 343. The van der Waals surface area contributed by atoms with Crippen LogP contribution in [0.15, 0.2) is 0 Å². The van der Waals surface area contributed by atoms with Gasteiger partial charge in [-0.15, -0.1) is 0 Å². The molecule has 0 saturated heterocycles. The lowest BCUT2D eigenvalue weighted by atomic mass is 10.0. The van der Waals surface area contributed by atoms with Gasteiger partial charge in [0, 0.05) is 18.1 Å². The van der Waals surface area contributed by atoms with Gasteiger partial charge in [0.15, 0.2) is 0 Å². The smallest absolute Gasteiger partial charge is 0.0101 e. The largest absolute Gasteiger partial charge is 0.303 e. The van der Waals surface area contributed by atoms with E-state index in [4.69, 9.17) is 0 Å². The Morgan fingerprint density at radius 3 is 0.969 bits per heavy atom. The van der Waals surface area contributed by atoms with Gasteiger partial charge in [-0.2, -0.15) is 0 Å². The molecular formula is C30H60N2. The number of unbranched alkanes of at least 4 members (excludes halogenated alkanes) is 6. The van der Waals surface area contributed by atoms with Crippen molar-refractivity contribution in [2.75, 3.05) is 19.6 Å². The summed E-state index contributed by atoms with van der Waals surface area (Å²) >= 11 is 0. The van der Waals surface area contributed by atoms with E-state index in [-0.39, 0.29) is 0 Å². The summed E-state index contributed by atoms with van der Waals surface area (Å²) in [7, 11) is 0. The highest BCUT2D eigenvalue weighted by molar-refractivity contribution is 4.91. The van der Waals surface area contributed by atoms with Crippen LogP contribution in [0.4, 0.5) is 0 Å². The summed E-state index contributed by atoms with van der Waals surface area (Å²) in [6, 6.07) is 2.93. The van der Waals surface area contributed by atoms with Crippen molar-refractivity contribution in [3.63, 3.8) is 0 Å². The van der Waals surface area contributed by atoms with Crippen LogP contribution in [0.5, 0.6) is 0 Å². The SMILES string of the molecule is C1CCC(N(C2CCCC2)C2CCCC2)C1.CCCCCN(CCCCC)CCCCC. The minimum atomic E-state index is 0.978. The summed E-state index contributed by atoms with van der Waals surface area (Å²) in [6.07, 6.45) is 30.5. The fraction of sp³-hybridized carbons (Fsp3) is 1.00. The predicted octanol–water partition coefficient (Wildman–Crippen LogP) is 8.98. The molecule has 3 rings (SSSR count). The average Bonchev–Trinajstić information content (AvgIpc) is 3.59. The van der Waals surface area contributed by atoms with Crippen LogP contribution in [0.3, 0.4) is 0 Å². The zero-order valence-electron chi connectivity index (χ0n) is 22.6. The Morgan fingerprint density at radius 1 is 0.438 bits per heavy atom. The normalized spacial score (nSPS) is 20.5. The Balaban J connectivity index is 0.000000227. The molecule has 3 fully saturated rings. The summed E-state index contributed by atoms with van der Waals surface area (Å²) in [6.45, 7) is 10.9. The monoisotopic (exact) mass is 448 g/mol. The van der Waals surface area contributed by atoms with Gasteiger partial charge in [0.05, 0.1) is 0 Å². The maximum Gasteiger partial charge on any atom is 0.0101 e. The molecule has 2 nitrogen and oxygen atoms in total. The minimum Gasteiger partial charge on any atom is -0.303 e. The molecule has 0 atom stereocenters. The fourth-order valence-corrected chi connectivity index (χ4v) is 6.59. The van der Waals surface area contributed by atoms with Crippen molar-refractivity contribution in [2.24, 2.45) is 0 Å². The summed E-state index contributed by atoms with van der Waals surface area (Å²) in [5, 5.41) is 0. The molecule has 0 aromatic rings. The highest BCUT2D eigenvalue weighted by Gasteiger charge is 2.36. The lowest BCUT2D eigenvalue weighted by Crippen LogP contribution is -2.46. The van der Waals surface area contributed by atoms with Crippen LogP contribution in [-0.2, 0) is 0 Å². The maximum absolute atomic E-state index is 3.02. The first-order chi connectivity index (χ1) is 15.8. The van der Waals surface area contributed by atoms with E-state index in [1.54, 1.807) is 0 Å². The van der Waals surface area contributed by atoms with Crippen LogP contribution >= 0.6 is 0 Å². The topological polar surface area (TPSA) is 6.48 Å². The van der Waals surface area contributed by atoms with Crippen LogP contribution in [0.2, 0.25) is 0 Å². The molecule has 0 bridgehead atoms. The van der Waals surface area contributed by atoms with Gasteiger partial charge in [-0.3, -0.25) is 4.90 Å². The second-order valence-electron chi connectivity index (χ2n) is 11.2. The highest BCUT2D eigenvalue weighted by Crippen LogP contribution is 2.37. The van der Waals surface area contributed by atoms with E-state index in [1.807, 2.05) is 0 Å². The van der Waals surface area contributed by atoms with Gasteiger partial charge in [0.2, 0.25) is 0 Å². The molecule has 190 valence electrons. The molecule has 0 heterocycles. The third-order valence-corrected chi connectivity index (χ3v) is 8.47. The Morgan fingerprint density at radius 2 is 0.719 bits per heavy atom. The van der Waals surface area contributed by atoms with Crippen molar-refractivity contribution in [1.29, 1.82) is 0 Å². The van der Waals surface area contributed by atoms with Crippen molar-refractivity contribution in [3.05, 3.63) is 0 Å². The van der Waals surface area contributed by atoms with Gasteiger partial charge >= 0.3 is 0 Å². The van der Waals surface area contributed by atoms with E-state index in [9.17, 15) is 0 Å². The number of nitrogens with zero attached hydrogens (tertiary/aromatic N) is 2. The van der Waals surface area contributed by atoms with Crippen LogP contribution in [0.25, 0.3) is 0 Å². The zero-order valence-corrected chi connectivity index (χ0v) is 22.6. The Hall–Kier alpha value is -0.0800. The zero-order chi connectivity index (χ0) is 22.9.